The topological polar surface area (TPSA) is 12.0 Å². The van der Waals surface area contributed by atoms with Crippen molar-refractivity contribution in [3.8, 4) is 0 Å². The van der Waals surface area contributed by atoms with E-state index in [1.54, 1.807) is 0 Å². The van der Waals surface area contributed by atoms with Gasteiger partial charge in [-0.1, -0.05) is 54.6 Å². The van der Waals surface area contributed by atoms with E-state index in [1.807, 2.05) is 42.5 Å². The van der Waals surface area contributed by atoms with Crippen molar-refractivity contribution in [2.24, 2.45) is 0 Å². The van der Waals surface area contributed by atoms with Crippen LogP contribution in [0, 0.1) is 0 Å². The predicted octanol–water partition coefficient (Wildman–Crippen LogP) is 4.03. The molecule has 0 bridgehead atoms. The molecular weight excluding hydrogens is 194 g/mol. The summed E-state index contributed by atoms with van der Waals surface area (Å²) < 4.78 is 0. The number of benzene rings is 2. The molecule has 2 aromatic carbocycles. The Labute approximate surface area is 96.4 Å². The van der Waals surface area contributed by atoms with Gasteiger partial charge in [0.1, 0.15) is 0 Å². The highest BCUT2D eigenvalue weighted by atomic mass is 14.9. The fourth-order valence-corrected chi connectivity index (χ4v) is 1.65. The number of hydrogen-bond donors (Lipinski definition) is 1. The fourth-order valence-electron chi connectivity index (χ4n) is 1.65. The van der Waals surface area contributed by atoms with Crippen molar-refractivity contribution in [1.29, 1.82) is 0 Å². The van der Waals surface area contributed by atoms with Crippen LogP contribution in [0.1, 0.15) is 11.6 Å². The molecular formula is C15H15N. The van der Waals surface area contributed by atoms with Gasteiger partial charge in [0.15, 0.2) is 0 Å². The van der Waals surface area contributed by atoms with Crippen LogP contribution >= 0.6 is 0 Å². The Balaban J connectivity index is 2.16. The summed E-state index contributed by atoms with van der Waals surface area (Å²) in [5.74, 6) is 0. The van der Waals surface area contributed by atoms with E-state index in [-0.39, 0.29) is 6.04 Å². The minimum Gasteiger partial charge on any atom is -0.375 e. The lowest BCUT2D eigenvalue weighted by molar-refractivity contribution is 0.988. The monoisotopic (exact) mass is 209 g/mol. The summed E-state index contributed by atoms with van der Waals surface area (Å²) in [6, 6.07) is 20.6. The van der Waals surface area contributed by atoms with Crippen LogP contribution in [-0.4, -0.2) is 0 Å². The minimum absolute atomic E-state index is 0.156. The van der Waals surface area contributed by atoms with Crippen LogP contribution in [0.2, 0.25) is 0 Å². The van der Waals surface area contributed by atoms with Crippen LogP contribution < -0.4 is 5.32 Å². The molecule has 1 atom stereocenters. The van der Waals surface area contributed by atoms with Crippen molar-refractivity contribution in [3.05, 3.63) is 78.9 Å². The number of rotatable bonds is 4. The van der Waals surface area contributed by atoms with Gasteiger partial charge in [-0.15, -0.1) is 6.58 Å². The van der Waals surface area contributed by atoms with Crippen molar-refractivity contribution in [3.63, 3.8) is 0 Å². The lowest BCUT2D eigenvalue weighted by atomic mass is 10.1. The zero-order valence-corrected chi connectivity index (χ0v) is 9.14. The standard InChI is InChI=1S/C15H15N/c1-2-15(13-9-5-3-6-10-13)16-14-11-7-4-8-12-14/h2-12,15-16H,1H2/t15-/m1/s1. The Morgan fingerprint density at radius 2 is 1.44 bits per heavy atom. The van der Waals surface area contributed by atoms with Gasteiger partial charge in [-0.3, -0.25) is 0 Å². The average molecular weight is 209 g/mol. The summed E-state index contributed by atoms with van der Waals surface area (Å²) in [5.41, 5.74) is 2.33. The van der Waals surface area contributed by atoms with Gasteiger partial charge in [0.05, 0.1) is 6.04 Å². The zero-order chi connectivity index (χ0) is 11.2. The molecule has 2 aromatic rings. The van der Waals surface area contributed by atoms with E-state index in [0.29, 0.717) is 0 Å². The molecule has 2 rings (SSSR count). The van der Waals surface area contributed by atoms with Crippen LogP contribution in [0.25, 0.3) is 0 Å². The molecule has 0 aliphatic rings. The molecule has 0 spiro atoms. The maximum Gasteiger partial charge on any atom is 0.0695 e. The highest BCUT2D eigenvalue weighted by Crippen LogP contribution is 2.19. The second-order valence-corrected chi connectivity index (χ2v) is 3.63. The first-order valence-corrected chi connectivity index (χ1v) is 5.39. The van der Waals surface area contributed by atoms with Crippen molar-refractivity contribution >= 4 is 5.69 Å². The van der Waals surface area contributed by atoms with Crippen molar-refractivity contribution in [2.45, 2.75) is 6.04 Å². The van der Waals surface area contributed by atoms with Crippen LogP contribution in [0.4, 0.5) is 5.69 Å². The highest BCUT2D eigenvalue weighted by molar-refractivity contribution is 5.46. The summed E-state index contributed by atoms with van der Waals surface area (Å²) in [7, 11) is 0. The molecule has 0 aliphatic heterocycles. The van der Waals surface area contributed by atoms with Crippen LogP contribution in [0.3, 0.4) is 0 Å². The van der Waals surface area contributed by atoms with Gasteiger partial charge in [0, 0.05) is 5.69 Å². The predicted molar refractivity (Wildman–Crippen MR) is 69.4 cm³/mol. The number of hydrogen-bond acceptors (Lipinski definition) is 1. The van der Waals surface area contributed by atoms with Crippen LogP contribution in [0.5, 0.6) is 0 Å². The van der Waals surface area contributed by atoms with E-state index in [1.165, 1.54) is 5.56 Å². The third kappa shape index (κ3) is 2.51. The Morgan fingerprint density at radius 3 is 2.00 bits per heavy atom. The second-order valence-electron chi connectivity index (χ2n) is 3.63. The molecule has 1 nitrogen and oxygen atoms in total. The van der Waals surface area contributed by atoms with Gasteiger partial charge in [-0.05, 0) is 17.7 Å². The molecule has 0 radical (unpaired) electrons. The fraction of sp³-hybridized carbons (Fsp3) is 0.0667. The van der Waals surface area contributed by atoms with Gasteiger partial charge in [0.25, 0.3) is 0 Å². The smallest absolute Gasteiger partial charge is 0.0695 e. The Morgan fingerprint density at radius 1 is 0.875 bits per heavy atom. The Kier molecular flexibility index (Phi) is 3.39. The molecule has 0 amide bonds. The molecule has 80 valence electrons. The molecule has 16 heavy (non-hydrogen) atoms. The van der Waals surface area contributed by atoms with E-state index in [0.717, 1.165) is 5.69 Å². The van der Waals surface area contributed by atoms with E-state index in [4.69, 9.17) is 0 Å². The quantitative estimate of drug-likeness (QED) is 0.750. The van der Waals surface area contributed by atoms with Gasteiger partial charge in [-0.2, -0.15) is 0 Å². The lowest BCUT2D eigenvalue weighted by Crippen LogP contribution is -2.07. The lowest BCUT2D eigenvalue weighted by Gasteiger charge is -2.16. The molecule has 0 saturated heterocycles. The van der Waals surface area contributed by atoms with Crippen molar-refractivity contribution in [1.82, 2.24) is 0 Å². The molecule has 0 aromatic heterocycles. The van der Waals surface area contributed by atoms with Crippen molar-refractivity contribution in [2.75, 3.05) is 5.32 Å². The summed E-state index contributed by atoms with van der Waals surface area (Å²) in [6.45, 7) is 3.87. The normalized spacial score (nSPS) is 11.8. The molecule has 0 aliphatic carbocycles. The first-order chi connectivity index (χ1) is 7.90. The average Bonchev–Trinajstić information content (AvgIpc) is 2.38. The van der Waals surface area contributed by atoms with E-state index >= 15 is 0 Å². The maximum atomic E-state index is 3.87. The van der Waals surface area contributed by atoms with Crippen molar-refractivity contribution < 1.29 is 0 Å². The Bertz CT molecular complexity index is 434. The maximum absolute atomic E-state index is 3.87. The van der Waals surface area contributed by atoms with Crippen LogP contribution in [-0.2, 0) is 0 Å². The van der Waals surface area contributed by atoms with E-state index in [9.17, 15) is 0 Å². The SMILES string of the molecule is C=C[C@@H](Nc1ccccc1)c1ccccc1. The third-order valence-electron chi connectivity index (χ3n) is 2.49. The zero-order valence-electron chi connectivity index (χ0n) is 9.14. The van der Waals surface area contributed by atoms with Gasteiger partial charge < -0.3 is 5.32 Å². The Hall–Kier alpha value is -2.02. The van der Waals surface area contributed by atoms with E-state index < -0.39 is 0 Å². The second kappa shape index (κ2) is 5.17. The highest BCUT2D eigenvalue weighted by Gasteiger charge is 2.05. The first kappa shape index (κ1) is 10.5. The van der Waals surface area contributed by atoms with Gasteiger partial charge in [-0.25, -0.2) is 0 Å². The van der Waals surface area contributed by atoms with E-state index in [2.05, 4.69) is 36.2 Å². The van der Waals surface area contributed by atoms with Gasteiger partial charge >= 0.3 is 0 Å². The molecule has 0 saturated carbocycles. The summed E-state index contributed by atoms with van der Waals surface area (Å²) in [5, 5.41) is 3.43. The van der Waals surface area contributed by atoms with Crippen LogP contribution in [0.15, 0.2) is 73.3 Å². The molecule has 1 N–H and O–H groups in total. The molecule has 1 heteroatoms. The molecule has 0 heterocycles. The number of anilines is 1. The molecule has 0 fully saturated rings. The summed E-state index contributed by atoms with van der Waals surface area (Å²) in [6.07, 6.45) is 1.92. The summed E-state index contributed by atoms with van der Waals surface area (Å²) in [4.78, 5) is 0. The first-order valence-electron chi connectivity index (χ1n) is 5.39. The largest absolute Gasteiger partial charge is 0.375 e. The number of nitrogens with one attached hydrogen (secondary N) is 1. The minimum atomic E-state index is 0.156. The number of para-hydroxylation sites is 1. The molecule has 0 unspecified atom stereocenters. The van der Waals surface area contributed by atoms with Gasteiger partial charge in [0.2, 0.25) is 0 Å². The third-order valence-corrected chi connectivity index (χ3v) is 2.49. The summed E-state index contributed by atoms with van der Waals surface area (Å²) >= 11 is 0.